The van der Waals surface area contributed by atoms with Crippen LogP contribution in [0.5, 0.6) is 0 Å². The summed E-state index contributed by atoms with van der Waals surface area (Å²) in [5.74, 6) is -2.49. The van der Waals surface area contributed by atoms with Crippen molar-refractivity contribution in [2.75, 3.05) is 13.1 Å². The summed E-state index contributed by atoms with van der Waals surface area (Å²) in [6, 6.07) is 5.08. The van der Waals surface area contributed by atoms with Crippen molar-refractivity contribution in [1.29, 1.82) is 0 Å². The van der Waals surface area contributed by atoms with Crippen molar-refractivity contribution in [3.8, 4) is 0 Å². The molecule has 1 fully saturated rings. The number of amides is 2. The zero-order valence-electron chi connectivity index (χ0n) is 12.8. The summed E-state index contributed by atoms with van der Waals surface area (Å²) in [6.07, 6.45) is 1.11. The second kappa shape index (κ2) is 7.09. The molecular weight excluding hydrogens is 334 g/mol. The fraction of sp³-hybridized carbons (Fsp3) is 0.294. The van der Waals surface area contributed by atoms with E-state index in [0.717, 1.165) is 12.1 Å². The van der Waals surface area contributed by atoms with Gasteiger partial charge in [-0.15, -0.1) is 0 Å². The van der Waals surface area contributed by atoms with Crippen LogP contribution in [0.25, 0.3) is 0 Å². The fourth-order valence-electron chi connectivity index (χ4n) is 2.75. The number of rotatable bonds is 3. The molecule has 24 heavy (non-hydrogen) atoms. The molecule has 1 aromatic carbocycles. The van der Waals surface area contributed by atoms with Gasteiger partial charge in [-0.25, -0.2) is 8.78 Å². The monoisotopic (exact) mass is 350 g/mol. The first-order chi connectivity index (χ1) is 11.6. The third kappa shape index (κ3) is 3.46. The highest BCUT2D eigenvalue weighted by molar-refractivity contribution is 7.08. The smallest absolute Gasteiger partial charge is 0.259 e. The first-order valence-corrected chi connectivity index (χ1v) is 8.57. The molecule has 0 saturated carbocycles. The largest absolute Gasteiger partial charge is 0.349 e. The molecule has 4 nitrogen and oxygen atoms in total. The predicted molar refractivity (Wildman–Crippen MR) is 87.1 cm³/mol. The zero-order valence-corrected chi connectivity index (χ0v) is 13.6. The molecule has 0 atom stereocenters. The molecule has 1 aliphatic rings. The summed E-state index contributed by atoms with van der Waals surface area (Å²) in [5.41, 5.74) is 0.102. The maximum Gasteiger partial charge on any atom is 0.259 e. The Labute approximate surface area is 142 Å². The summed E-state index contributed by atoms with van der Waals surface area (Å²) in [6.45, 7) is 0.697. The van der Waals surface area contributed by atoms with Crippen molar-refractivity contribution < 1.29 is 18.4 Å². The fourth-order valence-corrected chi connectivity index (χ4v) is 3.39. The number of hydrogen-bond donors (Lipinski definition) is 1. The van der Waals surface area contributed by atoms with Gasteiger partial charge >= 0.3 is 0 Å². The molecule has 0 aliphatic carbocycles. The number of nitrogens with zero attached hydrogens (tertiary/aromatic N) is 1. The van der Waals surface area contributed by atoms with Crippen molar-refractivity contribution in [1.82, 2.24) is 10.2 Å². The molecular formula is C17H16F2N2O2S. The number of carbonyl (C=O) groups excluding carboxylic acids is 2. The van der Waals surface area contributed by atoms with Gasteiger partial charge < -0.3 is 10.2 Å². The Hall–Kier alpha value is -2.28. The zero-order chi connectivity index (χ0) is 17.1. The van der Waals surface area contributed by atoms with Crippen LogP contribution < -0.4 is 5.32 Å². The number of hydrogen-bond acceptors (Lipinski definition) is 3. The lowest BCUT2D eigenvalue weighted by molar-refractivity contribution is 0.0689. The Morgan fingerprint density at radius 3 is 2.38 bits per heavy atom. The van der Waals surface area contributed by atoms with E-state index in [1.807, 2.05) is 5.38 Å². The van der Waals surface area contributed by atoms with E-state index in [1.54, 1.807) is 11.4 Å². The van der Waals surface area contributed by atoms with Crippen LogP contribution in [0.15, 0.2) is 35.0 Å². The molecule has 7 heteroatoms. The van der Waals surface area contributed by atoms with E-state index in [0.29, 0.717) is 31.5 Å². The summed E-state index contributed by atoms with van der Waals surface area (Å²) >= 11 is 1.45. The van der Waals surface area contributed by atoms with E-state index in [-0.39, 0.29) is 11.9 Å². The number of benzene rings is 1. The van der Waals surface area contributed by atoms with Crippen LogP contribution >= 0.6 is 11.3 Å². The van der Waals surface area contributed by atoms with Crippen LogP contribution in [-0.2, 0) is 0 Å². The normalized spacial score (nSPS) is 15.3. The SMILES string of the molecule is O=C(NC1CCN(C(=O)c2c(F)cccc2F)CC1)c1ccsc1. The van der Waals surface area contributed by atoms with E-state index in [1.165, 1.54) is 22.3 Å². The van der Waals surface area contributed by atoms with Crippen LogP contribution in [0.1, 0.15) is 33.6 Å². The first-order valence-electron chi connectivity index (χ1n) is 7.62. The first kappa shape index (κ1) is 16.6. The molecule has 1 aromatic heterocycles. The molecule has 1 saturated heterocycles. The quantitative estimate of drug-likeness (QED) is 0.925. The Morgan fingerprint density at radius 1 is 1.12 bits per heavy atom. The van der Waals surface area contributed by atoms with Crippen molar-refractivity contribution in [2.45, 2.75) is 18.9 Å². The van der Waals surface area contributed by atoms with Crippen LogP contribution in [0.3, 0.4) is 0 Å². The minimum absolute atomic E-state index is 0.0492. The summed E-state index contributed by atoms with van der Waals surface area (Å²) in [4.78, 5) is 25.8. The van der Waals surface area contributed by atoms with Crippen LogP contribution in [0.4, 0.5) is 8.78 Å². The average molecular weight is 350 g/mol. The van der Waals surface area contributed by atoms with Crippen molar-refractivity contribution in [3.05, 3.63) is 57.8 Å². The van der Waals surface area contributed by atoms with E-state index >= 15 is 0 Å². The Kier molecular flexibility index (Phi) is 4.89. The van der Waals surface area contributed by atoms with Gasteiger partial charge in [-0.05, 0) is 36.4 Å². The van der Waals surface area contributed by atoms with Crippen molar-refractivity contribution in [3.63, 3.8) is 0 Å². The highest BCUT2D eigenvalue weighted by Crippen LogP contribution is 2.19. The average Bonchev–Trinajstić information content (AvgIpc) is 3.10. The van der Waals surface area contributed by atoms with E-state index in [9.17, 15) is 18.4 Å². The number of likely N-dealkylation sites (tertiary alicyclic amines) is 1. The Balaban J connectivity index is 1.59. The van der Waals surface area contributed by atoms with Gasteiger partial charge in [0.2, 0.25) is 0 Å². The molecule has 2 amide bonds. The minimum atomic E-state index is -0.854. The molecule has 1 aliphatic heterocycles. The van der Waals surface area contributed by atoms with Gasteiger partial charge in [-0.1, -0.05) is 6.07 Å². The highest BCUT2D eigenvalue weighted by Gasteiger charge is 2.28. The molecule has 3 rings (SSSR count). The van der Waals surface area contributed by atoms with Gasteiger partial charge in [-0.3, -0.25) is 9.59 Å². The van der Waals surface area contributed by atoms with Crippen LogP contribution in [-0.4, -0.2) is 35.8 Å². The van der Waals surface area contributed by atoms with Crippen LogP contribution in [0.2, 0.25) is 0 Å². The van der Waals surface area contributed by atoms with E-state index in [2.05, 4.69) is 5.32 Å². The summed E-state index contributed by atoms with van der Waals surface area (Å²) in [5, 5.41) is 6.53. The lowest BCUT2D eigenvalue weighted by Gasteiger charge is -2.32. The van der Waals surface area contributed by atoms with Gasteiger partial charge in [0.25, 0.3) is 11.8 Å². The highest BCUT2D eigenvalue weighted by atomic mass is 32.1. The number of carbonyl (C=O) groups is 2. The lowest BCUT2D eigenvalue weighted by atomic mass is 10.0. The van der Waals surface area contributed by atoms with E-state index < -0.39 is 23.1 Å². The van der Waals surface area contributed by atoms with Crippen LogP contribution in [0, 0.1) is 11.6 Å². The Morgan fingerprint density at radius 2 is 1.79 bits per heavy atom. The molecule has 0 bridgehead atoms. The second-order valence-electron chi connectivity index (χ2n) is 5.65. The maximum atomic E-state index is 13.7. The van der Waals surface area contributed by atoms with Gasteiger partial charge in [0.1, 0.15) is 17.2 Å². The Bertz CT molecular complexity index is 721. The maximum absolute atomic E-state index is 13.7. The molecule has 1 N–H and O–H groups in total. The topological polar surface area (TPSA) is 49.4 Å². The molecule has 126 valence electrons. The molecule has 0 spiro atoms. The molecule has 2 aromatic rings. The molecule has 2 heterocycles. The van der Waals surface area contributed by atoms with Gasteiger partial charge in [-0.2, -0.15) is 11.3 Å². The van der Waals surface area contributed by atoms with Gasteiger partial charge in [0.15, 0.2) is 0 Å². The van der Waals surface area contributed by atoms with Crippen molar-refractivity contribution in [2.24, 2.45) is 0 Å². The van der Waals surface area contributed by atoms with Gasteiger partial charge in [0, 0.05) is 30.1 Å². The number of thiophene rings is 1. The molecule has 0 unspecified atom stereocenters. The minimum Gasteiger partial charge on any atom is -0.349 e. The summed E-state index contributed by atoms with van der Waals surface area (Å²) in [7, 11) is 0. The molecule has 0 radical (unpaired) electrons. The predicted octanol–water partition coefficient (Wildman–Crippen LogP) is 3.06. The van der Waals surface area contributed by atoms with Crippen molar-refractivity contribution >= 4 is 23.2 Å². The number of halogens is 2. The second-order valence-corrected chi connectivity index (χ2v) is 6.43. The van der Waals surface area contributed by atoms with Gasteiger partial charge in [0.05, 0.1) is 0 Å². The lowest BCUT2D eigenvalue weighted by Crippen LogP contribution is -2.46. The third-order valence-electron chi connectivity index (χ3n) is 4.08. The number of nitrogens with one attached hydrogen (secondary N) is 1. The third-order valence-corrected chi connectivity index (χ3v) is 4.76. The number of piperidine rings is 1. The summed E-state index contributed by atoms with van der Waals surface area (Å²) < 4.78 is 27.4. The standard InChI is InChI=1S/C17H16F2N2O2S/c18-13-2-1-3-14(19)15(13)17(23)21-7-4-12(5-8-21)20-16(22)11-6-9-24-10-11/h1-3,6,9-10,12H,4-5,7-8H2,(H,20,22). The van der Waals surface area contributed by atoms with E-state index in [4.69, 9.17) is 0 Å².